The second-order valence-electron chi connectivity index (χ2n) is 9.45. The number of hydrogen-bond donors (Lipinski definition) is 2. The fourth-order valence-corrected chi connectivity index (χ4v) is 6.52. The van der Waals surface area contributed by atoms with Crippen LogP contribution in [0.15, 0.2) is 12.2 Å². The summed E-state index contributed by atoms with van der Waals surface area (Å²) in [5.74, 6) is -1.90. The summed E-state index contributed by atoms with van der Waals surface area (Å²) in [4.78, 5) is 25.9. The van der Waals surface area contributed by atoms with Gasteiger partial charge in [0.2, 0.25) is 5.91 Å². The van der Waals surface area contributed by atoms with E-state index < -0.39 is 17.8 Å². The van der Waals surface area contributed by atoms with Crippen molar-refractivity contribution in [3.05, 3.63) is 28.2 Å². The molecule has 5 nitrogen and oxygen atoms in total. The fraction of sp³-hybridized carbons (Fsp3) is 0.591. The zero-order valence-electron chi connectivity index (χ0n) is 16.5. The maximum atomic E-state index is 13.0. The molecule has 1 saturated carbocycles. The number of carbonyl (C=O) groups is 2. The van der Waals surface area contributed by atoms with E-state index in [2.05, 4.69) is 32.2 Å². The zero-order chi connectivity index (χ0) is 20.2. The SMILES string of the molecule is CC(C)(C)[C@@H]1CCc2c(sc(NC(=O)[C@@H]3[C@@H](C(=O)O)[C@H]4C=C[C@@H]3C4)c2C#N)C1. The standard InChI is InChI=1S/C22H26N2O3S/c1-22(2,3)13-6-7-14-15(10-23)20(28-16(14)9-13)24-19(25)17-11-4-5-12(8-11)18(17)21(26)27/h4-5,11-13,17-18H,6-9H2,1-3H3,(H,24,25)(H,26,27)/t11-,12+,13-,17+,18+/m1/s1. The topological polar surface area (TPSA) is 90.2 Å². The van der Waals surface area contributed by atoms with E-state index in [1.165, 1.54) is 16.2 Å². The molecule has 1 heterocycles. The molecule has 3 aliphatic carbocycles. The summed E-state index contributed by atoms with van der Waals surface area (Å²) in [7, 11) is 0. The number of carbonyl (C=O) groups excluding carboxylic acids is 1. The van der Waals surface area contributed by atoms with Crippen molar-refractivity contribution in [1.29, 1.82) is 5.26 Å². The van der Waals surface area contributed by atoms with Crippen molar-refractivity contribution in [2.75, 3.05) is 5.32 Å². The van der Waals surface area contributed by atoms with Crippen LogP contribution in [0.4, 0.5) is 5.00 Å². The summed E-state index contributed by atoms with van der Waals surface area (Å²) in [5, 5.41) is 22.9. The first kappa shape index (κ1) is 19.2. The van der Waals surface area contributed by atoms with E-state index in [0.29, 0.717) is 16.5 Å². The van der Waals surface area contributed by atoms with Gasteiger partial charge in [0.15, 0.2) is 0 Å². The third-order valence-corrected chi connectivity index (χ3v) is 8.06. The molecule has 4 rings (SSSR count). The molecule has 1 aromatic heterocycles. The van der Waals surface area contributed by atoms with Crippen LogP contribution in [0.3, 0.4) is 0 Å². The number of thiophene rings is 1. The van der Waals surface area contributed by atoms with E-state index in [0.717, 1.165) is 31.2 Å². The van der Waals surface area contributed by atoms with E-state index in [1.807, 2.05) is 12.2 Å². The second-order valence-corrected chi connectivity index (χ2v) is 10.6. The van der Waals surface area contributed by atoms with Crippen LogP contribution < -0.4 is 5.32 Å². The van der Waals surface area contributed by atoms with Crippen molar-refractivity contribution in [3.63, 3.8) is 0 Å². The first-order chi connectivity index (χ1) is 13.2. The highest BCUT2D eigenvalue weighted by molar-refractivity contribution is 7.16. The summed E-state index contributed by atoms with van der Waals surface area (Å²) in [6.45, 7) is 6.75. The molecular weight excluding hydrogens is 372 g/mol. The third-order valence-electron chi connectivity index (χ3n) is 6.89. The molecule has 1 aromatic rings. The molecule has 1 fully saturated rings. The molecule has 0 unspecified atom stereocenters. The van der Waals surface area contributed by atoms with Crippen molar-refractivity contribution in [2.24, 2.45) is 35.0 Å². The van der Waals surface area contributed by atoms with Crippen molar-refractivity contribution in [1.82, 2.24) is 0 Å². The number of carboxylic acids is 1. The highest BCUT2D eigenvalue weighted by atomic mass is 32.1. The zero-order valence-corrected chi connectivity index (χ0v) is 17.3. The Kier molecular flexibility index (Phi) is 4.62. The van der Waals surface area contributed by atoms with Gasteiger partial charge >= 0.3 is 5.97 Å². The van der Waals surface area contributed by atoms with E-state index in [9.17, 15) is 20.0 Å². The van der Waals surface area contributed by atoms with E-state index in [1.54, 1.807) is 0 Å². The first-order valence-corrected chi connectivity index (χ1v) is 10.8. The van der Waals surface area contributed by atoms with Gasteiger partial charge in [-0.15, -0.1) is 11.3 Å². The minimum atomic E-state index is -0.906. The van der Waals surface area contributed by atoms with Crippen molar-refractivity contribution >= 4 is 28.2 Å². The fourth-order valence-electron chi connectivity index (χ4n) is 5.24. The highest BCUT2D eigenvalue weighted by Gasteiger charge is 2.51. The number of rotatable bonds is 3. The number of amides is 1. The van der Waals surface area contributed by atoms with E-state index in [-0.39, 0.29) is 23.2 Å². The number of allylic oxidation sites excluding steroid dienone is 2. The maximum Gasteiger partial charge on any atom is 0.307 e. The summed E-state index contributed by atoms with van der Waals surface area (Å²) in [5.41, 5.74) is 1.86. The Hall–Kier alpha value is -2.13. The van der Waals surface area contributed by atoms with Gasteiger partial charge in [-0.3, -0.25) is 9.59 Å². The van der Waals surface area contributed by atoms with Crippen LogP contribution in [0.2, 0.25) is 0 Å². The van der Waals surface area contributed by atoms with Crippen molar-refractivity contribution < 1.29 is 14.7 Å². The molecule has 6 heteroatoms. The third kappa shape index (κ3) is 3.06. The summed E-state index contributed by atoms with van der Waals surface area (Å²) in [6, 6.07) is 2.29. The predicted molar refractivity (Wildman–Crippen MR) is 108 cm³/mol. The molecule has 0 saturated heterocycles. The van der Waals surface area contributed by atoms with Gasteiger partial charge in [-0.05, 0) is 54.4 Å². The van der Waals surface area contributed by atoms with E-state index >= 15 is 0 Å². The van der Waals surface area contributed by atoms with Crippen LogP contribution in [-0.2, 0) is 22.4 Å². The lowest BCUT2D eigenvalue weighted by molar-refractivity contribution is -0.146. The van der Waals surface area contributed by atoms with Gasteiger partial charge < -0.3 is 10.4 Å². The predicted octanol–water partition coefficient (Wildman–Crippen LogP) is 4.23. The molecule has 148 valence electrons. The molecule has 1 amide bonds. The molecule has 2 bridgehead atoms. The molecule has 0 aromatic carbocycles. The van der Waals surface area contributed by atoms with E-state index in [4.69, 9.17) is 0 Å². The minimum absolute atomic E-state index is 0.0171. The Morgan fingerprint density at radius 1 is 1.25 bits per heavy atom. The lowest BCUT2D eigenvalue weighted by atomic mass is 9.72. The summed E-state index contributed by atoms with van der Waals surface area (Å²) in [6.07, 6.45) is 7.49. The highest BCUT2D eigenvalue weighted by Crippen LogP contribution is 2.49. The number of anilines is 1. The minimum Gasteiger partial charge on any atom is -0.481 e. The van der Waals surface area contributed by atoms with Crippen LogP contribution in [0, 0.1) is 46.3 Å². The Morgan fingerprint density at radius 3 is 2.54 bits per heavy atom. The van der Waals surface area contributed by atoms with Crippen LogP contribution in [0.5, 0.6) is 0 Å². The quantitative estimate of drug-likeness (QED) is 0.746. The van der Waals surface area contributed by atoms with Crippen molar-refractivity contribution in [2.45, 2.75) is 46.5 Å². The Bertz CT molecular complexity index is 902. The summed E-state index contributed by atoms with van der Waals surface area (Å²) >= 11 is 1.50. The van der Waals surface area contributed by atoms with Crippen LogP contribution in [-0.4, -0.2) is 17.0 Å². The van der Waals surface area contributed by atoms with Crippen molar-refractivity contribution in [3.8, 4) is 6.07 Å². The molecule has 0 spiro atoms. The average molecular weight is 399 g/mol. The Morgan fingerprint density at radius 2 is 1.93 bits per heavy atom. The van der Waals surface area contributed by atoms with Crippen LogP contribution in [0.1, 0.15) is 49.6 Å². The van der Waals surface area contributed by atoms with Crippen LogP contribution in [0.25, 0.3) is 0 Å². The molecule has 5 atom stereocenters. The molecular formula is C22H26N2O3S. The lowest BCUT2D eigenvalue weighted by Crippen LogP contribution is -2.36. The normalized spacial score (nSPS) is 30.7. The Balaban J connectivity index is 1.59. The molecule has 28 heavy (non-hydrogen) atoms. The first-order valence-electron chi connectivity index (χ1n) is 9.97. The van der Waals surface area contributed by atoms with Gasteiger partial charge in [-0.2, -0.15) is 5.26 Å². The largest absolute Gasteiger partial charge is 0.481 e. The smallest absolute Gasteiger partial charge is 0.307 e. The number of fused-ring (bicyclic) bond motifs is 3. The van der Waals surface area contributed by atoms with Gasteiger partial charge in [0, 0.05) is 4.88 Å². The lowest BCUT2D eigenvalue weighted by Gasteiger charge is -2.33. The second kappa shape index (κ2) is 6.73. The van der Waals surface area contributed by atoms with Crippen LogP contribution >= 0.6 is 11.3 Å². The molecule has 0 aliphatic heterocycles. The number of nitrogens with one attached hydrogen (secondary N) is 1. The Labute approximate surface area is 169 Å². The number of hydrogen-bond acceptors (Lipinski definition) is 4. The number of nitrogens with zero attached hydrogens (tertiary/aromatic N) is 1. The van der Waals surface area contributed by atoms with Gasteiger partial charge in [0.1, 0.15) is 11.1 Å². The monoisotopic (exact) mass is 398 g/mol. The summed E-state index contributed by atoms with van der Waals surface area (Å²) < 4.78 is 0. The molecule has 0 radical (unpaired) electrons. The maximum absolute atomic E-state index is 13.0. The van der Waals surface area contributed by atoms with Gasteiger partial charge in [-0.1, -0.05) is 32.9 Å². The number of aliphatic carboxylic acids is 1. The molecule has 3 aliphatic rings. The van der Waals surface area contributed by atoms with Gasteiger partial charge in [0.25, 0.3) is 0 Å². The average Bonchev–Trinajstić information content (AvgIpc) is 3.31. The van der Waals surface area contributed by atoms with Gasteiger partial charge in [-0.25, -0.2) is 0 Å². The molecule has 2 N–H and O–H groups in total. The number of carboxylic acid groups (broad SMARTS) is 1. The number of nitriles is 1. The van der Waals surface area contributed by atoms with Gasteiger partial charge in [0.05, 0.1) is 17.4 Å².